The number of carboxylic acid groups (broad SMARTS) is 1. The summed E-state index contributed by atoms with van der Waals surface area (Å²) in [5, 5.41) is 9.54. The van der Waals surface area contributed by atoms with Crippen molar-refractivity contribution in [1.82, 2.24) is 4.90 Å². The van der Waals surface area contributed by atoms with Gasteiger partial charge in [-0.1, -0.05) is 11.6 Å². The molecule has 1 aromatic carbocycles. The topological polar surface area (TPSA) is 77.9 Å². The highest BCUT2D eigenvalue weighted by Gasteiger charge is 2.29. The van der Waals surface area contributed by atoms with Crippen LogP contribution < -0.4 is 4.90 Å². The first-order chi connectivity index (χ1) is 9.97. The summed E-state index contributed by atoms with van der Waals surface area (Å²) in [6.07, 6.45) is 0.470. The molecule has 0 radical (unpaired) electrons. The van der Waals surface area contributed by atoms with Crippen LogP contribution in [0.1, 0.15) is 12.8 Å². The van der Waals surface area contributed by atoms with E-state index in [1.54, 1.807) is 29.2 Å². The Morgan fingerprint density at radius 2 is 1.76 bits per heavy atom. The van der Waals surface area contributed by atoms with Crippen molar-refractivity contribution < 1.29 is 19.5 Å². The average Bonchev–Trinajstić information content (AvgIpc) is 2.75. The van der Waals surface area contributed by atoms with Gasteiger partial charge in [0.05, 0.1) is 0 Å². The normalized spacial score (nSPS) is 14.6. The van der Waals surface area contributed by atoms with Gasteiger partial charge in [-0.3, -0.25) is 19.3 Å². The van der Waals surface area contributed by atoms with Crippen molar-refractivity contribution in [1.29, 1.82) is 0 Å². The third-order valence-electron chi connectivity index (χ3n) is 3.27. The number of imide groups is 1. The fourth-order valence-corrected chi connectivity index (χ4v) is 2.33. The lowest BCUT2D eigenvalue weighted by Gasteiger charge is -2.25. The Kier molecular flexibility index (Phi) is 4.80. The van der Waals surface area contributed by atoms with Crippen molar-refractivity contribution in [2.24, 2.45) is 0 Å². The number of benzene rings is 1. The van der Waals surface area contributed by atoms with Gasteiger partial charge in [0.1, 0.15) is 6.54 Å². The molecule has 1 fully saturated rings. The summed E-state index contributed by atoms with van der Waals surface area (Å²) in [6, 6.07) is 6.74. The maximum atomic E-state index is 11.6. The second kappa shape index (κ2) is 6.58. The molecule has 0 bridgehead atoms. The molecule has 1 saturated heterocycles. The van der Waals surface area contributed by atoms with Crippen LogP contribution in [-0.2, 0) is 14.4 Å². The van der Waals surface area contributed by atoms with Gasteiger partial charge in [-0.05, 0) is 24.3 Å². The first-order valence-corrected chi connectivity index (χ1v) is 6.90. The number of likely N-dealkylation sites (tertiary alicyclic amines) is 1. The third kappa shape index (κ3) is 3.95. The number of carboxylic acids is 1. The quantitative estimate of drug-likeness (QED) is 0.803. The molecular weight excluding hydrogens is 296 g/mol. The van der Waals surface area contributed by atoms with Crippen LogP contribution in [0.5, 0.6) is 0 Å². The molecule has 1 heterocycles. The predicted molar refractivity (Wildman–Crippen MR) is 77.3 cm³/mol. The van der Waals surface area contributed by atoms with Gasteiger partial charge in [0, 0.05) is 36.6 Å². The molecule has 21 heavy (non-hydrogen) atoms. The molecule has 0 unspecified atom stereocenters. The fourth-order valence-electron chi connectivity index (χ4n) is 2.21. The number of carbonyl (C=O) groups is 3. The van der Waals surface area contributed by atoms with Crippen LogP contribution in [0.2, 0.25) is 5.02 Å². The van der Waals surface area contributed by atoms with E-state index < -0.39 is 5.97 Å². The Balaban J connectivity index is 2.06. The SMILES string of the molecule is O=C(O)CN(CCN1C(=O)CCC1=O)c1ccc(Cl)cc1. The van der Waals surface area contributed by atoms with Crippen LogP contribution in [0.4, 0.5) is 5.69 Å². The van der Waals surface area contributed by atoms with Gasteiger partial charge < -0.3 is 10.0 Å². The molecule has 1 aromatic rings. The highest BCUT2D eigenvalue weighted by Crippen LogP contribution is 2.18. The average molecular weight is 311 g/mol. The van der Waals surface area contributed by atoms with Gasteiger partial charge in [0.25, 0.3) is 0 Å². The number of carbonyl (C=O) groups excluding carboxylic acids is 2. The van der Waals surface area contributed by atoms with Gasteiger partial charge in [-0.2, -0.15) is 0 Å². The van der Waals surface area contributed by atoms with Crippen LogP contribution >= 0.6 is 11.6 Å². The zero-order valence-corrected chi connectivity index (χ0v) is 12.0. The molecule has 2 rings (SSSR count). The highest BCUT2D eigenvalue weighted by molar-refractivity contribution is 6.30. The third-order valence-corrected chi connectivity index (χ3v) is 3.52. The first-order valence-electron chi connectivity index (χ1n) is 6.53. The van der Waals surface area contributed by atoms with E-state index in [0.29, 0.717) is 10.7 Å². The Labute approximate surface area is 126 Å². The largest absolute Gasteiger partial charge is 0.480 e. The van der Waals surface area contributed by atoms with Crippen LogP contribution in [0, 0.1) is 0 Å². The molecule has 7 heteroatoms. The molecule has 1 aliphatic heterocycles. The number of aliphatic carboxylic acids is 1. The first kappa shape index (κ1) is 15.3. The van der Waals surface area contributed by atoms with Crippen molar-refractivity contribution in [3.8, 4) is 0 Å². The highest BCUT2D eigenvalue weighted by atomic mass is 35.5. The lowest BCUT2D eigenvalue weighted by Crippen LogP contribution is -2.40. The number of amides is 2. The summed E-state index contributed by atoms with van der Waals surface area (Å²) in [6.45, 7) is 0.247. The molecule has 2 amide bonds. The van der Waals surface area contributed by atoms with Crippen LogP contribution in [0.3, 0.4) is 0 Å². The number of hydrogen-bond acceptors (Lipinski definition) is 4. The van der Waals surface area contributed by atoms with Gasteiger partial charge in [0.2, 0.25) is 11.8 Å². The predicted octanol–water partition coefficient (Wildman–Crippen LogP) is 1.38. The smallest absolute Gasteiger partial charge is 0.323 e. The number of halogens is 1. The summed E-state index contributed by atoms with van der Waals surface area (Å²) in [7, 11) is 0. The van der Waals surface area contributed by atoms with Crippen LogP contribution in [0.15, 0.2) is 24.3 Å². The fraction of sp³-hybridized carbons (Fsp3) is 0.357. The molecule has 0 saturated carbocycles. The summed E-state index contributed by atoms with van der Waals surface area (Å²) < 4.78 is 0. The Morgan fingerprint density at radius 1 is 1.19 bits per heavy atom. The Morgan fingerprint density at radius 3 is 2.29 bits per heavy atom. The summed E-state index contributed by atoms with van der Waals surface area (Å²) in [5.74, 6) is -1.39. The second-order valence-electron chi connectivity index (χ2n) is 4.73. The van der Waals surface area contributed by atoms with Crippen molar-refractivity contribution in [3.63, 3.8) is 0 Å². The maximum absolute atomic E-state index is 11.6. The standard InChI is InChI=1S/C14H15ClN2O4/c15-10-1-3-11(4-2-10)16(9-14(20)21)7-8-17-12(18)5-6-13(17)19/h1-4H,5-9H2,(H,20,21). The van der Waals surface area contributed by atoms with E-state index in [-0.39, 0.29) is 44.3 Å². The zero-order chi connectivity index (χ0) is 15.4. The molecular formula is C14H15ClN2O4. The molecule has 1 aliphatic rings. The summed E-state index contributed by atoms with van der Waals surface area (Å²) >= 11 is 5.81. The van der Waals surface area contributed by atoms with Crippen molar-refractivity contribution >= 4 is 35.1 Å². The summed E-state index contributed by atoms with van der Waals surface area (Å²) in [4.78, 5) is 36.8. The molecule has 1 N–H and O–H groups in total. The van der Waals surface area contributed by atoms with Gasteiger partial charge >= 0.3 is 5.97 Å². The minimum absolute atomic E-state index is 0.188. The van der Waals surface area contributed by atoms with E-state index >= 15 is 0 Å². The minimum Gasteiger partial charge on any atom is -0.480 e. The van der Waals surface area contributed by atoms with Gasteiger partial charge in [-0.15, -0.1) is 0 Å². The second-order valence-corrected chi connectivity index (χ2v) is 5.17. The molecule has 0 atom stereocenters. The minimum atomic E-state index is -0.982. The maximum Gasteiger partial charge on any atom is 0.323 e. The van der Waals surface area contributed by atoms with Gasteiger partial charge in [0.15, 0.2) is 0 Å². The zero-order valence-electron chi connectivity index (χ0n) is 11.3. The number of nitrogens with zero attached hydrogens (tertiary/aromatic N) is 2. The van der Waals surface area contributed by atoms with Crippen LogP contribution in [0.25, 0.3) is 0 Å². The Bertz CT molecular complexity index is 543. The Hall–Kier alpha value is -2.08. The molecule has 0 spiro atoms. The molecule has 6 nitrogen and oxygen atoms in total. The van der Waals surface area contributed by atoms with Gasteiger partial charge in [-0.25, -0.2) is 0 Å². The van der Waals surface area contributed by atoms with E-state index in [4.69, 9.17) is 16.7 Å². The molecule has 0 aromatic heterocycles. The number of anilines is 1. The lowest BCUT2D eigenvalue weighted by molar-refractivity contribution is -0.138. The van der Waals surface area contributed by atoms with E-state index in [1.165, 1.54) is 4.90 Å². The monoisotopic (exact) mass is 310 g/mol. The van der Waals surface area contributed by atoms with Crippen molar-refractivity contribution in [2.45, 2.75) is 12.8 Å². The number of rotatable bonds is 6. The summed E-state index contributed by atoms with van der Waals surface area (Å²) in [5.41, 5.74) is 0.681. The van der Waals surface area contributed by atoms with E-state index in [1.807, 2.05) is 0 Å². The lowest BCUT2D eigenvalue weighted by atomic mass is 10.2. The van der Waals surface area contributed by atoms with Crippen molar-refractivity contribution in [2.75, 3.05) is 24.5 Å². The van der Waals surface area contributed by atoms with E-state index in [0.717, 1.165) is 0 Å². The van der Waals surface area contributed by atoms with E-state index in [9.17, 15) is 14.4 Å². The van der Waals surface area contributed by atoms with Crippen LogP contribution in [-0.4, -0.2) is 47.4 Å². The van der Waals surface area contributed by atoms with Crippen molar-refractivity contribution in [3.05, 3.63) is 29.3 Å². The number of hydrogen-bond donors (Lipinski definition) is 1. The van der Waals surface area contributed by atoms with E-state index in [2.05, 4.69) is 0 Å². The molecule has 0 aliphatic carbocycles. The molecule has 112 valence electrons.